The van der Waals surface area contributed by atoms with Gasteiger partial charge in [-0.15, -0.1) is 0 Å². The number of hydrogen-bond donors (Lipinski definition) is 2. The minimum atomic E-state index is 0.232. The topological polar surface area (TPSA) is 12.0 Å². The van der Waals surface area contributed by atoms with Crippen LogP contribution in [0.15, 0.2) is 0 Å². The molecule has 0 rings (SSSR count). The molecule has 0 radical (unpaired) electrons. The van der Waals surface area contributed by atoms with Gasteiger partial charge in [0.25, 0.3) is 0 Å². The Morgan fingerprint density at radius 3 is 2.20 bits per heavy atom. The second-order valence-corrected chi connectivity index (χ2v) is 4.42. The highest BCUT2D eigenvalue weighted by Gasteiger charge is 2.09. The molecule has 0 aromatic heterocycles. The molecule has 0 heterocycles. The van der Waals surface area contributed by atoms with Crippen LogP contribution in [-0.4, -0.2) is 17.3 Å². The van der Waals surface area contributed by atoms with Crippen molar-refractivity contribution in [1.29, 1.82) is 0 Å². The Hall–Kier alpha value is 0.310. The Kier molecular flexibility index (Phi) is 4.37. The predicted octanol–water partition coefficient (Wildman–Crippen LogP) is 2.08. The maximum Gasteiger partial charge on any atom is 0.0139 e. The fourth-order valence-corrected chi connectivity index (χ4v) is 0.660. The van der Waals surface area contributed by atoms with E-state index in [0.717, 1.165) is 13.0 Å². The van der Waals surface area contributed by atoms with Crippen LogP contribution >= 0.6 is 12.6 Å². The van der Waals surface area contributed by atoms with Crippen molar-refractivity contribution in [2.45, 2.75) is 44.9 Å². The van der Waals surface area contributed by atoms with Crippen molar-refractivity contribution in [2.24, 2.45) is 0 Å². The minimum Gasteiger partial charge on any atom is -0.311 e. The van der Waals surface area contributed by atoms with Crippen LogP contribution in [-0.2, 0) is 0 Å². The van der Waals surface area contributed by atoms with Gasteiger partial charge in [-0.3, -0.25) is 0 Å². The molecule has 0 saturated carbocycles. The predicted molar refractivity (Wildman–Crippen MR) is 50.8 cm³/mol. The van der Waals surface area contributed by atoms with Gasteiger partial charge >= 0.3 is 0 Å². The molecule has 0 aliphatic carbocycles. The zero-order chi connectivity index (χ0) is 8.20. The lowest BCUT2D eigenvalue weighted by molar-refractivity contribution is 0.425. The van der Waals surface area contributed by atoms with Gasteiger partial charge < -0.3 is 5.32 Å². The first-order valence-corrected chi connectivity index (χ1v) is 4.40. The van der Waals surface area contributed by atoms with Crippen LogP contribution in [0.25, 0.3) is 0 Å². The van der Waals surface area contributed by atoms with Crippen molar-refractivity contribution in [3.8, 4) is 0 Å². The normalized spacial score (nSPS) is 15.3. The average molecular weight is 161 g/mol. The Morgan fingerprint density at radius 2 is 1.90 bits per heavy atom. The fraction of sp³-hybridized carbons (Fsp3) is 1.00. The second-order valence-electron chi connectivity index (χ2n) is 3.69. The van der Waals surface area contributed by atoms with Crippen LogP contribution in [0.1, 0.15) is 34.1 Å². The molecule has 0 amide bonds. The highest BCUT2D eigenvalue weighted by atomic mass is 32.1. The van der Waals surface area contributed by atoms with Crippen molar-refractivity contribution < 1.29 is 0 Å². The van der Waals surface area contributed by atoms with Gasteiger partial charge in [0.2, 0.25) is 0 Å². The lowest BCUT2D eigenvalue weighted by atomic mass is 10.1. The van der Waals surface area contributed by atoms with Gasteiger partial charge in [0.05, 0.1) is 0 Å². The minimum absolute atomic E-state index is 0.232. The maximum atomic E-state index is 4.38. The molecule has 1 atom stereocenters. The molecule has 1 unspecified atom stereocenters. The van der Waals surface area contributed by atoms with Gasteiger partial charge in [-0.25, -0.2) is 0 Å². The van der Waals surface area contributed by atoms with Crippen molar-refractivity contribution in [1.82, 2.24) is 5.32 Å². The lowest BCUT2D eigenvalue weighted by Crippen LogP contribution is -2.39. The quantitative estimate of drug-likeness (QED) is 0.604. The van der Waals surface area contributed by atoms with Gasteiger partial charge in [0.1, 0.15) is 0 Å². The largest absolute Gasteiger partial charge is 0.311 e. The molecule has 2 heteroatoms. The van der Waals surface area contributed by atoms with Gasteiger partial charge in [-0.2, -0.15) is 12.6 Å². The summed E-state index contributed by atoms with van der Waals surface area (Å²) in [6, 6.07) is 0. The molecule has 62 valence electrons. The molecule has 10 heavy (non-hydrogen) atoms. The van der Waals surface area contributed by atoms with E-state index in [-0.39, 0.29) is 5.54 Å². The van der Waals surface area contributed by atoms with Crippen LogP contribution in [0.5, 0.6) is 0 Å². The van der Waals surface area contributed by atoms with Gasteiger partial charge in [0.15, 0.2) is 0 Å². The Morgan fingerprint density at radius 1 is 1.40 bits per heavy atom. The highest BCUT2D eigenvalue weighted by Crippen LogP contribution is 2.03. The summed E-state index contributed by atoms with van der Waals surface area (Å²) in [7, 11) is 0. The summed E-state index contributed by atoms with van der Waals surface area (Å²) in [5.74, 6) is 0. The van der Waals surface area contributed by atoms with Crippen molar-refractivity contribution in [3.05, 3.63) is 0 Å². The van der Waals surface area contributed by atoms with E-state index in [4.69, 9.17) is 0 Å². The molecule has 0 bridgehead atoms. The van der Waals surface area contributed by atoms with E-state index in [9.17, 15) is 0 Å². The van der Waals surface area contributed by atoms with Crippen LogP contribution in [0.4, 0.5) is 0 Å². The van der Waals surface area contributed by atoms with Crippen LogP contribution < -0.4 is 5.32 Å². The van der Waals surface area contributed by atoms with E-state index in [2.05, 4.69) is 45.6 Å². The first kappa shape index (κ1) is 10.3. The molecule has 0 aromatic carbocycles. The number of hydrogen-bond acceptors (Lipinski definition) is 2. The van der Waals surface area contributed by atoms with Crippen molar-refractivity contribution in [2.75, 3.05) is 6.54 Å². The summed E-state index contributed by atoms with van der Waals surface area (Å²) < 4.78 is 0. The van der Waals surface area contributed by atoms with E-state index < -0.39 is 0 Å². The third-order valence-electron chi connectivity index (χ3n) is 1.34. The highest BCUT2D eigenvalue weighted by molar-refractivity contribution is 7.81. The van der Waals surface area contributed by atoms with Crippen molar-refractivity contribution in [3.63, 3.8) is 0 Å². The summed E-state index contributed by atoms with van der Waals surface area (Å²) in [5, 5.41) is 3.90. The van der Waals surface area contributed by atoms with E-state index in [1.165, 1.54) is 0 Å². The monoisotopic (exact) mass is 161 g/mol. The molecule has 1 N–H and O–H groups in total. The summed E-state index contributed by atoms with van der Waals surface area (Å²) in [4.78, 5) is 0. The molecular formula is C8H19NS. The van der Waals surface area contributed by atoms with E-state index in [1.54, 1.807) is 0 Å². The number of nitrogens with one attached hydrogen (secondary N) is 1. The molecular weight excluding hydrogens is 142 g/mol. The van der Waals surface area contributed by atoms with Crippen molar-refractivity contribution >= 4 is 12.6 Å². The van der Waals surface area contributed by atoms with E-state index in [0.29, 0.717) is 5.25 Å². The van der Waals surface area contributed by atoms with E-state index >= 15 is 0 Å². The number of thiol groups is 1. The van der Waals surface area contributed by atoms with Crippen LogP contribution in [0, 0.1) is 0 Å². The van der Waals surface area contributed by atoms with Crippen LogP contribution in [0.2, 0.25) is 0 Å². The second kappa shape index (κ2) is 4.24. The molecule has 0 spiro atoms. The average Bonchev–Trinajstić information content (AvgIpc) is 1.81. The first-order valence-electron chi connectivity index (χ1n) is 3.89. The van der Waals surface area contributed by atoms with Gasteiger partial charge in [0, 0.05) is 17.3 Å². The van der Waals surface area contributed by atoms with E-state index in [1.807, 2.05) is 0 Å². The summed E-state index contributed by atoms with van der Waals surface area (Å²) >= 11 is 4.38. The Balaban J connectivity index is 3.36. The lowest BCUT2D eigenvalue weighted by Gasteiger charge is -2.22. The van der Waals surface area contributed by atoms with Crippen LogP contribution in [0.3, 0.4) is 0 Å². The fourth-order valence-electron chi connectivity index (χ4n) is 0.568. The molecule has 0 aromatic rings. The molecule has 0 aliphatic rings. The molecule has 0 saturated heterocycles. The first-order chi connectivity index (χ1) is 4.45. The number of rotatable bonds is 3. The molecule has 1 nitrogen and oxygen atoms in total. The summed E-state index contributed by atoms with van der Waals surface area (Å²) in [5.41, 5.74) is 0.232. The standard InChI is InChI=1S/C8H19NS/c1-5-7(10)6-9-8(2,3)4/h7,9-10H,5-6H2,1-4H3. The third kappa shape index (κ3) is 6.43. The summed E-state index contributed by atoms with van der Waals surface area (Å²) in [6.45, 7) is 9.67. The third-order valence-corrected chi connectivity index (χ3v) is 1.89. The molecule has 0 fully saturated rings. The maximum absolute atomic E-state index is 4.38. The smallest absolute Gasteiger partial charge is 0.0139 e. The Labute approximate surface area is 70.0 Å². The molecule has 0 aliphatic heterocycles. The summed E-state index contributed by atoms with van der Waals surface area (Å²) in [6.07, 6.45) is 1.13. The zero-order valence-corrected chi connectivity index (χ0v) is 8.33. The SMILES string of the molecule is CCC(S)CNC(C)(C)C. The van der Waals surface area contributed by atoms with Gasteiger partial charge in [-0.05, 0) is 27.2 Å². The Bertz CT molecular complexity index is 85.7. The zero-order valence-electron chi connectivity index (χ0n) is 7.44. The van der Waals surface area contributed by atoms with Gasteiger partial charge in [-0.1, -0.05) is 6.92 Å².